The molecular weight excluding hydrogens is 404 g/mol. The minimum Gasteiger partial charge on any atom is -0.496 e. The number of ether oxygens (including phenoxy) is 1. The summed E-state index contributed by atoms with van der Waals surface area (Å²) in [7, 11) is 3.26. The molecule has 0 spiro atoms. The van der Waals surface area contributed by atoms with Gasteiger partial charge in [0.25, 0.3) is 5.91 Å². The first-order chi connectivity index (χ1) is 14.5. The average Bonchev–Trinajstić information content (AvgIpc) is 3.44. The van der Waals surface area contributed by atoms with Crippen LogP contribution in [0.2, 0.25) is 5.02 Å². The number of amides is 1. The molecule has 0 atom stereocenters. The minimum atomic E-state index is -0.274. The molecule has 2 aromatic heterocycles. The second kappa shape index (κ2) is 8.47. The van der Waals surface area contributed by atoms with Gasteiger partial charge in [0.2, 0.25) is 0 Å². The van der Waals surface area contributed by atoms with Gasteiger partial charge in [-0.05, 0) is 48.5 Å². The number of para-hydroxylation sites is 1. The molecule has 6 nitrogen and oxygen atoms in total. The van der Waals surface area contributed by atoms with E-state index >= 15 is 0 Å². The Bertz CT molecular complexity index is 1160. The molecule has 0 saturated carbocycles. The minimum absolute atomic E-state index is 0.211. The molecule has 0 aliphatic heterocycles. The van der Waals surface area contributed by atoms with Crippen LogP contribution in [0, 0.1) is 0 Å². The fourth-order valence-electron chi connectivity index (χ4n) is 3.08. The van der Waals surface area contributed by atoms with Crippen LogP contribution in [0.15, 0.2) is 75.7 Å². The van der Waals surface area contributed by atoms with Crippen molar-refractivity contribution in [3.8, 4) is 28.4 Å². The lowest BCUT2D eigenvalue weighted by atomic mass is 10.1. The van der Waals surface area contributed by atoms with E-state index in [2.05, 4.69) is 5.16 Å². The Kier molecular flexibility index (Phi) is 5.59. The number of rotatable bonds is 6. The van der Waals surface area contributed by atoms with Crippen LogP contribution < -0.4 is 4.74 Å². The topological polar surface area (TPSA) is 68.7 Å². The molecule has 0 aliphatic rings. The van der Waals surface area contributed by atoms with Crippen LogP contribution >= 0.6 is 11.6 Å². The van der Waals surface area contributed by atoms with Gasteiger partial charge in [-0.15, -0.1) is 0 Å². The molecule has 7 heteroatoms. The highest BCUT2D eigenvalue weighted by Gasteiger charge is 2.20. The number of benzene rings is 2. The predicted octanol–water partition coefficient (Wildman–Crippen LogP) is 5.54. The smallest absolute Gasteiger partial charge is 0.276 e. The van der Waals surface area contributed by atoms with Crippen LogP contribution in [0.4, 0.5) is 0 Å². The number of nitrogens with zero attached hydrogens (tertiary/aromatic N) is 2. The second-order valence-electron chi connectivity index (χ2n) is 6.71. The molecule has 2 heterocycles. The monoisotopic (exact) mass is 422 g/mol. The van der Waals surface area contributed by atoms with Crippen molar-refractivity contribution in [2.75, 3.05) is 14.2 Å². The quantitative estimate of drug-likeness (QED) is 0.408. The Balaban J connectivity index is 1.47. The number of hydrogen-bond acceptors (Lipinski definition) is 5. The van der Waals surface area contributed by atoms with E-state index in [1.165, 1.54) is 4.90 Å². The number of hydrogen-bond donors (Lipinski definition) is 0. The molecule has 0 fully saturated rings. The Morgan fingerprint density at radius 1 is 1.07 bits per heavy atom. The number of furan rings is 1. The lowest BCUT2D eigenvalue weighted by molar-refractivity contribution is 0.0765. The van der Waals surface area contributed by atoms with Crippen molar-refractivity contribution in [2.24, 2.45) is 0 Å². The van der Waals surface area contributed by atoms with Gasteiger partial charge in [-0.2, -0.15) is 0 Å². The highest BCUT2D eigenvalue weighted by Crippen LogP contribution is 2.30. The number of methoxy groups -OCH3 is 1. The lowest BCUT2D eigenvalue weighted by Gasteiger charge is -2.13. The Labute approximate surface area is 178 Å². The summed E-state index contributed by atoms with van der Waals surface area (Å²) >= 11 is 5.93. The molecule has 0 N–H and O–H groups in total. The zero-order chi connectivity index (χ0) is 21.1. The average molecular weight is 423 g/mol. The highest BCUT2D eigenvalue weighted by atomic mass is 35.5. The third-order valence-corrected chi connectivity index (χ3v) is 4.88. The maximum Gasteiger partial charge on any atom is 0.276 e. The van der Waals surface area contributed by atoms with Gasteiger partial charge in [0, 0.05) is 23.7 Å². The molecule has 0 bridgehead atoms. The van der Waals surface area contributed by atoms with Gasteiger partial charge in [-0.25, -0.2) is 0 Å². The van der Waals surface area contributed by atoms with E-state index in [-0.39, 0.29) is 11.6 Å². The number of halogens is 1. The molecular formula is C23H19ClN2O4. The summed E-state index contributed by atoms with van der Waals surface area (Å²) in [5.41, 5.74) is 1.85. The van der Waals surface area contributed by atoms with Gasteiger partial charge in [-0.1, -0.05) is 28.9 Å². The van der Waals surface area contributed by atoms with Gasteiger partial charge in [0.15, 0.2) is 11.5 Å². The first kappa shape index (κ1) is 19.8. The maximum absolute atomic E-state index is 12.8. The van der Waals surface area contributed by atoms with E-state index in [0.717, 1.165) is 11.1 Å². The molecule has 1 amide bonds. The van der Waals surface area contributed by atoms with Gasteiger partial charge in [0.05, 0.1) is 19.2 Å². The first-order valence-corrected chi connectivity index (χ1v) is 9.63. The maximum atomic E-state index is 12.8. The molecule has 4 aromatic rings. The normalized spacial score (nSPS) is 10.8. The number of carbonyl (C=O) groups is 1. The molecule has 0 unspecified atom stereocenters. The SMILES string of the molecule is COc1ccccc1-c1cc(C(=O)N(C)Cc2ccc(-c3ccc(Cl)cc3)o2)no1. The second-order valence-corrected chi connectivity index (χ2v) is 7.15. The first-order valence-electron chi connectivity index (χ1n) is 9.25. The standard InChI is InChI=1S/C23H19ClN2O4/c1-26(14-17-11-12-20(29-17)15-7-9-16(24)10-8-15)23(27)19-13-22(30-25-19)18-5-3-4-6-21(18)28-2/h3-13H,14H2,1-2H3. The third kappa shape index (κ3) is 4.09. The molecule has 2 aromatic carbocycles. The van der Waals surface area contributed by atoms with E-state index in [4.69, 9.17) is 25.3 Å². The summed E-state index contributed by atoms with van der Waals surface area (Å²) in [5.74, 6) is 2.20. The molecule has 0 saturated heterocycles. The Morgan fingerprint density at radius 2 is 1.83 bits per heavy atom. The van der Waals surface area contributed by atoms with Crippen molar-refractivity contribution in [3.05, 3.63) is 83.2 Å². The molecule has 30 heavy (non-hydrogen) atoms. The van der Waals surface area contributed by atoms with Crippen LogP contribution in [0.1, 0.15) is 16.2 Å². The number of carbonyl (C=O) groups excluding carboxylic acids is 1. The predicted molar refractivity (Wildman–Crippen MR) is 113 cm³/mol. The Hall–Kier alpha value is -3.51. The van der Waals surface area contributed by atoms with Crippen LogP contribution in [0.3, 0.4) is 0 Å². The molecule has 4 rings (SSSR count). The molecule has 0 radical (unpaired) electrons. The van der Waals surface area contributed by atoms with Crippen molar-refractivity contribution in [3.63, 3.8) is 0 Å². The zero-order valence-corrected chi connectivity index (χ0v) is 17.2. The van der Waals surface area contributed by atoms with Gasteiger partial charge in [-0.3, -0.25) is 4.79 Å². The Morgan fingerprint density at radius 3 is 2.60 bits per heavy atom. The summed E-state index contributed by atoms with van der Waals surface area (Å²) in [4.78, 5) is 14.3. The number of aromatic nitrogens is 1. The highest BCUT2D eigenvalue weighted by molar-refractivity contribution is 6.30. The van der Waals surface area contributed by atoms with E-state index in [1.807, 2.05) is 48.5 Å². The fraction of sp³-hybridized carbons (Fsp3) is 0.130. The summed E-state index contributed by atoms with van der Waals surface area (Å²) in [6.07, 6.45) is 0. The van der Waals surface area contributed by atoms with E-state index in [0.29, 0.717) is 34.6 Å². The van der Waals surface area contributed by atoms with E-state index in [1.54, 1.807) is 32.4 Å². The van der Waals surface area contributed by atoms with Crippen LogP contribution in [-0.2, 0) is 6.54 Å². The van der Waals surface area contributed by atoms with Crippen molar-refractivity contribution in [2.45, 2.75) is 6.54 Å². The lowest BCUT2D eigenvalue weighted by Crippen LogP contribution is -2.26. The van der Waals surface area contributed by atoms with Crippen molar-refractivity contribution < 1.29 is 18.5 Å². The van der Waals surface area contributed by atoms with E-state index in [9.17, 15) is 4.79 Å². The van der Waals surface area contributed by atoms with Gasteiger partial charge >= 0.3 is 0 Å². The molecule has 152 valence electrons. The van der Waals surface area contributed by atoms with Crippen LogP contribution in [0.25, 0.3) is 22.6 Å². The van der Waals surface area contributed by atoms with Crippen molar-refractivity contribution in [1.82, 2.24) is 10.1 Å². The van der Waals surface area contributed by atoms with Gasteiger partial charge < -0.3 is 18.6 Å². The van der Waals surface area contributed by atoms with Crippen LogP contribution in [-0.4, -0.2) is 30.1 Å². The summed E-state index contributed by atoms with van der Waals surface area (Å²) in [5, 5.41) is 4.59. The van der Waals surface area contributed by atoms with Crippen molar-refractivity contribution >= 4 is 17.5 Å². The van der Waals surface area contributed by atoms with Crippen molar-refractivity contribution in [1.29, 1.82) is 0 Å². The zero-order valence-electron chi connectivity index (χ0n) is 16.5. The third-order valence-electron chi connectivity index (χ3n) is 4.63. The van der Waals surface area contributed by atoms with Gasteiger partial charge in [0.1, 0.15) is 17.3 Å². The summed E-state index contributed by atoms with van der Waals surface area (Å²) in [6, 6.07) is 20.1. The van der Waals surface area contributed by atoms with Crippen LogP contribution in [0.5, 0.6) is 5.75 Å². The van der Waals surface area contributed by atoms with E-state index < -0.39 is 0 Å². The molecule has 0 aliphatic carbocycles. The largest absolute Gasteiger partial charge is 0.496 e. The summed E-state index contributed by atoms with van der Waals surface area (Å²) in [6.45, 7) is 0.295. The fourth-order valence-corrected chi connectivity index (χ4v) is 3.21. The summed E-state index contributed by atoms with van der Waals surface area (Å²) < 4.78 is 16.6.